The molecule has 2 aliphatic heterocycles. The number of hydrogen-bond acceptors (Lipinski definition) is 5. The van der Waals surface area contributed by atoms with Crippen LogP contribution < -0.4 is 0 Å². The van der Waals surface area contributed by atoms with Gasteiger partial charge in [0.2, 0.25) is 5.91 Å². The number of thiophene rings is 1. The molecule has 2 amide bonds. The molecule has 1 unspecified atom stereocenters. The molecule has 1 aliphatic carbocycles. The van der Waals surface area contributed by atoms with Gasteiger partial charge in [0.25, 0.3) is 5.91 Å². The Kier molecular flexibility index (Phi) is 5.74. The average Bonchev–Trinajstić information content (AvgIpc) is 3.53. The number of carbonyl (C=O) groups excluding carboxylic acids is 2. The summed E-state index contributed by atoms with van der Waals surface area (Å²) in [6.45, 7) is 3.97. The lowest BCUT2D eigenvalue weighted by Gasteiger charge is -2.27. The Morgan fingerprint density at radius 3 is 2.70 bits per heavy atom. The number of likely N-dealkylation sites (tertiary alicyclic amines) is 1. The molecule has 2 aromatic rings. The van der Waals surface area contributed by atoms with E-state index in [9.17, 15) is 9.59 Å². The zero-order valence-electron chi connectivity index (χ0n) is 17.3. The molecule has 0 N–H and O–H groups in total. The molecule has 0 radical (unpaired) electrons. The highest BCUT2D eigenvalue weighted by atomic mass is 32.1. The van der Waals surface area contributed by atoms with E-state index >= 15 is 0 Å². The van der Waals surface area contributed by atoms with Crippen LogP contribution in [-0.2, 0) is 9.53 Å². The van der Waals surface area contributed by atoms with Gasteiger partial charge >= 0.3 is 0 Å². The van der Waals surface area contributed by atoms with Gasteiger partial charge in [0.1, 0.15) is 4.83 Å². The van der Waals surface area contributed by atoms with Crippen molar-refractivity contribution in [2.75, 3.05) is 39.4 Å². The van der Waals surface area contributed by atoms with Crippen LogP contribution in [0.1, 0.15) is 59.7 Å². The highest BCUT2D eigenvalue weighted by Gasteiger charge is 2.35. The van der Waals surface area contributed by atoms with Crippen molar-refractivity contribution in [3.63, 3.8) is 0 Å². The van der Waals surface area contributed by atoms with Gasteiger partial charge in [-0.1, -0.05) is 18.9 Å². The summed E-state index contributed by atoms with van der Waals surface area (Å²) in [6, 6.07) is 4.02. The van der Waals surface area contributed by atoms with Crippen LogP contribution in [0.4, 0.5) is 0 Å². The SMILES string of the molecule is O=C(CC1CCCC1)N1CCC(c2c(C(=O)N3CCOCC3)sc3ncccc23)C1. The van der Waals surface area contributed by atoms with Crippen molar-refractivity contribution >= 4 is 33.4 Å². The van der Waals surface area contributed by atoms with Crippen molar-refractivity contribution in [3.8, 4) is 0 Å². The van der Waals surface area contributed by atoms with Gasteiger partial charge in [-0.2, -0.15) is 0 Å². The van der Waals surface area contributed by atoms with Gasteiger partial charge in [0.15, 0.2) is 0 Å². The second kappa shape index (κ2) is 8.63. The molecule has 7 heteroatoms. The molecule has 0 spiro atoms. The van der Waals surface area contributed by atoms with E-state index in [1.807, 2.05) is 15.9 Å². The number of hydrogen-bond donors (Lipinski definition) is 0. The van der Waals surface area contributed by atoms with E-state index in [0.29, 0.717) is 44.5 Å². The van der Waals surface area contributed by atoms with Crippen molar-refractivity contribution in [1.29, 1.82) is 0 Å². The van der Waals surface area contributed by atoms with Crippen LogP contribution in [0, 0.1) is 5.92 Å². The third-order valence-corrected chi connectivity index (χ3v) is 8.00. The van der Waals surface area contributed by atoms with Crippen LogP contribution in [0.15, 0.2) is 18.3 Å². The van der Waals surface area contributed by atoms with Crippen LogP contribution >= 0.6 is 11.3 Å². The summed E-state index contributed by atoms with van der Waals surface area (Å²) in [4.78, 5) is 36.4. The number of aromatic nitrogens is 1. The molecule has 4 heterocycles. The van der Waals surface area contributed by atoms with Gasteiger partial charge in [0, 0.05) is 50.1 Å². The number of fused-ring (bicyclic) bond motifs is 1. The Morgan fingerprint density at radius 1 is 1.10 bits per heavy atom. The Labute approximate surface area is 181 Å². The van der Waals surface area contributed by atoms with Crippen molar-refractivity contribution in [3.05, 3.63) is 28.8 Å². The molecular weight excluding hydrogens is 398 g/mol. The summed E-state index contributed by atoms with van der Waals surface area (Å²) in [6.07, 6.45) is 8.32. The van der Waals surface area contributed by atoms with E-state index in [2.05, 4.69) is 11.1 Å². The quantitative estimate of drug-likeness (QED) is 0.747. The van der Waals surface area contributed by atoms with E-state index in [4.69, 9.17) is 4.74 Å². The first-order valence-electron chi connectivity index (χ1n) is 11.2. The van der Waals surface area contributed by atoms with E-state index in [-0.39, 0.29) is 11.8 Å². The minimum Gasteiger partial charge on any atom is -0.378 e. The van der Waals surface area contributed by atoms with E-state index < -0.39 is 0 Å². The third-order valence-electron chi connectivity index (χ3n) is 6.88. The number of rotatable bonds is 4. The van der Waals surface area contributed by atoms with Gasteiger partial charge in [-0.25, -0.2) is 4.98 Å². The topological polar surface area (TPSA) is 62.7 Å². The van der Waals surface area contributed by atoms with Crippen LogP contribution in [0.5, 0.6) is 0 Å². The number of ether oxygens (including phenoxy) is 1. The monoisotopic (exact) mass is 427 g/mol. The van der Waals surface area contributed by atoms with Crippen molar-refractivity contribution in [1.82, 2.24) is 14.8 Å². The Bertz CT molecular complexity index is 931. The third kappa shape index (κ3) is 3.85. The maximum atomic E-state index is 13.4. The number of nitrogens with zero attached hydrogens (tertiary/aromatic N) is 3. The van der Waals surface area contributed by atoms with Crippen LogP contribution in [0.25, 0.3) is 10.2 Å². The van der Waals surface area contributed by atoms with E-state index in [1.165, 1.54) is 37.0 Å². The van der Waals surface area contributed by atoms with Crippen molar-refractivity contribution in [2.45, 2.75) is 44.4 Å². The largest absolute Gasteiger partial charge is 0.378 e. The summed E-state index contributed by atoms with van der Waals surface area (Å²) >= 11 is 1.50. The summed E-state index contributed by atoms with van der Waals surface area (Å²) in [5, 5.41) is 1.08. The lowest BCUT2D eigenvalue weighted by molar-refractivity contribution is -0.131. The lowest BCUT2D eigenvalue weighted by atomic mass is 9.95. The van der Waals surface area contributed by atoms with Gasteiger partial charge < -0.3 is 14.5 Å². The lowest BCUT2D eigenvalue weighted by Crippen LogP contribution is -2.40. The molecule has 30 heavy (non-hydrogen) atoms. The van der Waals surface area contributed by atoms with Crippen LogP contribution in [0.3, 0.4) is 0 Å². The molecule has 0 aromatic carbocycles. The molecule has 0 bridgehead atoms. The zero-order valence-corrected chi connectivity index (χ0v) is 18.2. The molecule has 2 aromatic heterocycles. The molecule has 3 aliphatic rings. The van der Waals surface area contributed by atoms with E-state index in [1.54, 1.807) is 6.20 Å². The number of morpholine rings is 1. The summed E-state index contributed by atoms with van der Waals surface area (Å²) in [5.74, 6) is 1.16. The molecule has 160 valence electrons. The van der Waals surface area contributed by atoms with Crippen molar-refractivity contribution < 1.29 is 14.3 Å². The first-order chi connectivity index (χ1) is 14.7. The van der Waals surface area contributed by atoms with Crippen molar-refractivity contribution in [2.24, 2.45) is 5.92 Å². The first-order valence-corrected chi connectivity index (χ1v) is 12.0. The second-order valence-corrected chi connectivity index (χ2v) is 9.78. The molecule has 5 rings (SSSR count). The van der Waals surface area contributed by atoms with Gasteiger partial charge in [-0.05, 0) is 36.8 Å². The number of amides is 2. The predicted octanol–water partition coefficient (Wildman–Crippen LogP) is 3.66. The second-order valence-electron chi connectivity index (χ2n) is 8.79. The van der Waals surface area contributed by atoms with Gasteiger partial charge in [-0.3, -0.25) is 9.59 Å². The molecule has 1 saturated carbocycles. The fourth-order valence-corrected chi connectivity index (χ4v) is 6.44. The highest BCUT2D eigenvalue weighted by Crippen LogP contribution is 2.40. The molecule has 1 atom stereocenters. The smallest absolute Gasteiger partial charge is 0.264 e. The first kappa shape index (κ1) is 19.9. The standard InChI is InChI=1S/C23H29N3O3S/c27-19(14-16-4-1-2-5-16)26-9-7-17(15-26)20-18-6-3-8-24-22(18)30-21(20)23(28)25-10-12-29-13-11-25/h3,6,8,16-17H,1-2,4-5,7,9-15H2. The molecule has 6 nitrogen and oxygen atoms in total. The Hall–Kier alpha value is -1.99. The van der Waals surface area contributed by atoms with Gasteiger partial charge in [0.05, 0.1) is 18.1 Å². The Morgan fingerprint density at radius 2 is 1.90 bits per heavy atom. The summed E-state index contributed by atoms with van der Waals surface area (Å²) in [5.41, 5.74) is 1.11. The molecule has 2 saturated heterocycles. The number of pyridine rings is 1. The maximum Gasteiger partial charge on any atom is 0.264 e. The zero-order chi connectivity index (χ0) is 20.5. The normalized spacial score (nSPS) is 22.9. The fraction of sp³-hybridized carbons (Fsp3) is 0.609. The summed E-state index contributed by atoms with van der Waals surface area (Å²) < 4.78 is 5.42. The number of carbonyl (C=O) groups is 2. The fourth-order valence-electron chi connectivity index (χ4n) is 5.24. The van der Waals surface area contributed by atoms with E-state index in [0.717, 1.165) is 40.2 Å². The highest BCUT2D eigenvalue weighted by molar-refractivity contribution is 7.20. The molecular formula is C23H29N3O3S. The van der Waals surface area contributed by atoms with Crippen LogP contribution in [0.2, 0.25) is 0 Å². The van der Waals surface area contributed by atoms with Gasteiger partial charge in [-0.15, -0.1) is 11.3 Å². The maximum absolute atomic E-state index is 13.4. The van der Waals surface area contributed by atoms with Crippen LogP contribution in [-0.4, -0.2) is 66.0 Å². The predicted molar refractivity (Wildman–Crippen MR) is 117 cm³/mol. The Balaban J connectivity index is 1.39. The minimum atomic E-state index is 0.0898. The summed E-state index contributed by atoms with van der Waals surface area (Å²) in [7, 11) is 0. The minimum absolute atomic E-state index is 0.0898. The molecule has 3 fully saturated rings. The average molecular weight is 428 g/mol.